The molecular formula is C9H20N2O2S. The smallest absolute Gasteiger partial charge is 0.214 e. The zero-order valence-electron chi connectivity index (χ0n) is 8.70. The van der Waals surface area contributed by atoms with Gasteiger partial charge < -0.3 is 5.73 Å². The lowest BCUT2D eigenvalue weighted by Gasteiger charge is -2.23. The molecule has 0 heterocycles. The van der Waals surface area contributed by atoms with Crippen LogP contribution in [0, 0.1) is 0 Å². The summed E-state index contributed by atoms with van der Waals surface area (Å²) in [5.74, 6) is 0. The van der Waals surface area contributed by atoms with Crippen LogP contribution in [0.1, 0.15) is 39.0 Å². The molecule has 0 aromatic carbocycles. The second kappa shape index (κ2) is 5.09. The van der Waals surface area contributed by atoms with Crippen LogP contribution >= 0.6 is 0 Å². The Balaban J connectivity index is 2.54. The molecule has 0 radical (unpaired) electrons. The van der Waals surface area contributed by atoms with Gasteiger partial charge in [0, 0.05) is 12.6 Å². The molecule has 4 nitrogen and oxygen atoms in total. The molecule has 0 amide bonds. The lowest BCUT2D eigenvalue weighted by atomic mass is 10.0. The second-order valence-electron chi connectivity index (χ2n) is 4.06. The fourth-order valence-electron chi connectivity index (χ4n) is 1.80. The third kappa shape index (κ3) is 3.22. The van der Waals surface area contributed by atoms with Crippen LogP contribution < -0.4 is 10.5 Å². The number of sulfonamides is 1. The highest BCUT2D eigenvalue weighted by Crippen LogP contribution is 2.23. The number of rotatable bonds is 4. The van der Waals surface area contributed by atoms with Gasteiger partial charge in [-0.25, -0.2) is 13.1 Å². The Labute approximate surface area is 86.3 Å². The molecule has 0 spiro atoms. The fraction of sp³-hybridized carbons (Fsp3) is 1.00. The SMILES string of the molecule is C[C@H](CN)NS(=O)(=O)C1CCCCC1. The van der Waals surface area contributed by atoms with E-state index in [2.05, 4.69) is 4.72 Å². The molecule has 14 heavy (non-hydrogen) atoms. The predicted molar refractivity (Wildman–Crippen MR) is 57.4 cm³/mol. The van der Waals surface area contributed by atoms with E-state index in [1.807, 2.05) is 0 Å². The van der Waals surface area contributed by atoms with Crippen molar-refractivity contribution in [1.82, 2.24) is 4.72 Å². The van der Waals surface area contributed by atoms with Crippen molar-refractivity contribution >= 4 is 10.0 Å². The van der Waals surface area contributed by atoms with Gasteiger partial charge in [-0.1, -0.05) is 19.3 Å². The largest absolute Gasteiger partial charge is 0.329 e. The van der Waals surface area contributed by atoms with E-state index in [0.717, 1.165) is 25.7 Å². The van der Waals surface area contributed by atoms with Crippen LogP contribution in [0.15, 0.2) is 0 Å². The van der Waals surface area contributed by atoms with Crippen molar-refractivity contribution in [2.45, 2.75) is 50.3 Å². The van der Waals surface area contributed by atoms with Crippen LogP contribution in [0.5, 0.6) is 0 Å². The average Bonchev–Trinajstić information content (AvgIpc) is 2.18. The van der Waals surface area contributed by atoms with E-state index in [0.29, 0.717) is 6.54 Å². The summed E-state index contributed by atoms with van der Waals surface area (Å²) in [6.45, 7) is 2.15. The van der Waals surface area contributed by atoms with E-state index in [-0.39, 0.29) is 11.3 Å². The minimum Gasteiger partial charge on any atom is -0.329 e. The highest BCUT2D eigenvalue weighted by Gasteiger charge is 2.27. The maximum absolute atomic E-state index is 11.8. The molecule has 0 aromatic heterocycles. The van der Waals surface area contributed by atoms with Crippen molar-refractivity contribution in [1.29, 1.82) is 0 Å². The summed E-state index contributed by atoms with van der Waals surface area (Å²) in [7, 11) is -3.12. The van der Waals surface area contributed by atoms with Gasteiger partial charge in [0.1, 0.15) is 0 Å². The van der Waals surface area contributed by atoms with E-state index in [9.17, 15) is 8.42 Å². The molecule has 1 fully saturated rings. The topological polar surface area (TPSA) is 72.2 Å². The molecule has 0 saturated heterocycles. The summed E-state index contributed by atoms with van der Waals surface area (Å²) in [6, 6.07) is -0.151. The van der Waals surface area contributed by atoms with Gasteiger partial charge in [0.05, 0.1) is 5.25 Å². The molecule has 0 bridgehead atoms. The van der Waals surface area contributed by atoms with E-state index < -0.39 is 10.0 Å². The van der Waals surface area contributed by atoms with Gasteiger partial charge in [0.25, 0.3) is 0 Å². The highest BCUT2D eigenvalue weighted by atomic mass is 32.2. The lowest BCUT2D eigenvalue weighted by Crippen LogP contribution is -2.43. The summed E-state index contributed by atoms with van der Waals surface area (Å²) < 4.78 is 26.2. The average molecular weight is 220 g/mol. The zero-order chi connectivity index (χ0) is 10.6. The standard InChI is InChI=1S/C9H20N2O2S/c1-8(7-10)11-14(12,13)9-5-3-2-4-6-9/h8-9,11H,2-7,10H2,1H3/t8-/m1/s1. The minimum absolute atomic E-state index is 0.151. The Morgan fingerprint density at radius 3 is 2.43 bits per heavy atom. The van der Waals surface area contributed by atoms with Gasteiger partial charge in [0.15, 0.2) is 0 Å². The maximum Gasteiger partial charge on any atom is 0.214 e. The Morgan fingerprint density at radius 1 is 1.36 bits per heavy atom. The van der Waals surface area contributed by atoms with Gasteiger partial charge in [0.2, 0.25) is 10.0 Å². The molecule has 1 rings (SSSR count). The van der Waals surface area contributed by atoms with Crippen molar-refractivity contribution < 1.29 is 8.42 Å². The fourth-order valence-corrected chi connectivity index (χ4v) is 3.60. The normalized spacial score (nSPS) is 22.1. The van der Waals surface area contributed by atoms with Gasteiger partial charge >= 0.3 is 0 Å². The number of nitrogens with two attached hydrogens (primary N) is 1. The monoisotopic (exact) mass is 220 g/mol. The third-order valence-electron chi connectivity index (χ3n) is 2.71. The Kier molecular flexibility index (Phi) is 4.34. The van der Waals surface area contributed by atoms with Crippen LogP contribution in [0.4, 0.5) is 0 Å². The predicted octanol–water partition coefficient (Wildman–Crippen LogP) is 0.586. The maximum atomic E-state index is 11.8. The third-order valence-corrected chi connectivity index (χ3v) is 4.79. The van der Waals surface area contributed by atoms with Crippen LogP contribution in [0.2, 0.25) is 0 Å². The number of nitrogens with one attached hydrogen (secondary N) is 1. The van der Waals surface area contributed by atoms with Crippen molar-refractivity contribution in [2.75, 3.05) is 6.54 Å². The molecule has 0 unspecified atom stereocenters. The first-order chi connectivity index (χ1) is 6.56. The summed E-state index contributed by atoms with van der Waals surface area (Å²) in [5, 5.41) is -0.190. The summed E-state index contributed by atoms with van der Waals surface area (Å²) >= 11 is 0. The summed E-state index contributed by atoms with van der Waals surface area (Å²) in [5.41, 5.74) is 5.38. The number of hydrogen-bond acceptors (Lipinski definition) is 3. The van der Waals surface area contributed by atoms with Crippen LogP contribution in [0.3, 0.4) is 0 Å². The van der Waals surface area contributed by atoms with E-state index in [4.69, 9.17) is 5.73 Å². The van der Waals surface area contributed by atoms with E-state index in [1.54, 1.807) is 6.92 Å². The van der Waals surface area contributed by atoms with E-state index >= 15 is 0 Å². The van der Waals surface area contributed by atoms with Crippen molar-refractivity contribution in [3.63, 3.8) is 0 Å². The molecule has 5 heteroatoms. The molecule has 0 aliphatic heterocycles. The Morgan fingerprint density at radius 2 is 1.93 bits per heavy atom. The van der Waals surface area contributed by atoms with Crippen LogP contribution in [-0.4, -0.2) is 26.3 Å². The first-order valence-electron chi connectivity index (χ1n) is 5.27. The molecule has 84 valence electrons. The first kappa shape index (κ1) is 11.9. The Hall–Kier alpha value is -0.130. The highest BCUT2D eigenvalue weighted by molar-refractivity contribution is 7.90. The lowest BCUT2D eigenvalue weighted by molar-refractivity contribution is 0.472. The van der Waals surface area contributed by atoms with Gasteiger partial charge in [-0.3, -0.25) is 0 Å². The van der Waals surface area contributed by atoms with Gasteiger partial charge in [-0.15, -0.1) is 0 Å². The molecule has 1 atom stereocenters. The molecule has 1 saturated carbocycles. The van der Waals surface area contributed by atoms with E-state index in [1.165, 1.54) is 6.42 Å². The zero-order valence-corrected chi connectivity index (χ0v) is 9.52. The first-order valence-corrected chi connectivity index (χ1v) is 6.82. The molecular weight excluding hydrogens is 200 g/mol. The van der Waals surface area contributed by atoms with Crippen molar-refractivity contribution in [2.24, 2.45) is 5.73 Å². The Bertz CT molecular complexity index is 258. The minimum atomic E-state index is -3.12. The van der Waals surface area contributed by atoms with Crippen LogP contribution in [-0.2, 0) is 10.0 Å². The summed E-state index contributed by atoms with van der Waals surface area (Å²) in [4.78, 5) is 0. The molecule has 1 aliphatic carbocycles. The quantitative estimate of drug-likeness (QED) is 0.728. The summed E-state index contributed by atoms with van der Waals surface area (Å²) in [6.07, 6.45) is 4.82. The molecule has 3 N–H and O–H groups in total. The van der Waals surface area contributed by atoms with Gasteiger partial charge in [-0.05, 0) is 19.8 Å². The second-order valence-corrected chi connectivity index (χ2v) is 6.05. The van der Waals surface area contributed by atoms with Crippen LogP contribution in [0.25, 0.3) is 0 Å². The van der Waals surface area contributed by atoms with Crippen molar-refractivity contribution in [3.05, 3.63) is 0 Å². The van der Waals surface area contributed by atoms with Crippen molar-refractivity contribution in [3.8, 4) is 0 Å². The molecule has 1 aliphatic rings. The van der Waals surface area contributed by atoms with Gasteiger partial charge in [-0.2, -0.15) is 0 Å². The number of hydrogen-bond donors (Lipinski definition) is 2. The molecule has 0 aromatic rings.